The number of para-hydroxylation sites is 2. The molecule has 6 aromatic rings. The van der Waals surface area contributed by atoms with Crippen LogP contribution in [-0.2, 0) is 9.47 Å². The van der Waals surface area contributed by atoms with Crippen molar-refractivity contribution in [1.29, 1.82) is 0 Å². The summed E-state index contributed by atoms with van der Waals surface area (Å²) < 4.78 is 25.0. The van der Waals surface area contributed by atoms with Gasteiger partial charge in [-0.2, -0.15) is 0 Å². The zero-order chi connectivity index (χ0) is 36.7. The highest BCUT2D eigenvalue weighted by Crippen LogP contribution is 2.63. The number of furan rings is 2. The predicted molar refractivity (Wildman–Crippen MR) is 204 cm³/mol. The van der Waals surface area contributed by atoms with E-state index in [0.29, 0.717) is 11.5 Å². The lowest BCUT2D eigenvalue weighted by Gasteiger charge is -2.35. The fourth-order valence-electron chi connectivity index (χ4n) is 10.6. The van der Waals surface area contributed by atoms with Gasteiger partial charge in [-0.05, 0) is 49.2 Å². The molecule has 0 N–H and O–H groups in total. The molecule has 0 unspecified atom stereocenters. The second kappa shape index (κ2) is 10.9. The highest BCUT2D eigenvalue weighted by Gasteiger charge is 2.67. The zero-order valence-electron chi connectivity index (χ0n) is 30.4. The van der Waals surface area contributed by atoms with Gasteiger partial charge in [0.05, 0.1) is 24.3 Å². The van der Waals surface area contributed by atoms with Crippen LogP contribution in [0.2, 0.25) is 0 Å². The molecule has 8 atom stereocenters. The summed E-state index contributed by atoms with van der Waals surface area (Å²) in [6.07, 6.45) is -0.333. The average molecular weight is 715 g/mol. The molecule has 0 radical (unpaired) electrons. The molecule has 2 saturated heterocycles. The summed E-state index contributed by atoms with van der Waals surface area (Å²) in [5.41, 5.74) is 6.79. The standard InChI is InChI=1S/2C23H19NO3/c2*1-23-21-18(14-10-6-7-11-16(14)24(21)2)19(27-23)15-12-17(26-20(15)22(23)25)13-8-4-3-5-9-13/h2*3-12,18-19,21H,1-2H3/t2*18-,19-,21-,23-/m10/s1. The summed E-state index contributed by atoms with van der Waals surface area (Å²) in [5.74, 6) is 2.53. The molecule has 6 aliphatic rings. The maximum Gasteiger partial charge on any atom is 0.231 e. The molecule has 268 valence electrons. The van der Waals surface area contributed by atoms with E-state index in [1.54, 1.807) is 0 Å². The second-order valence-corrected chi connectivity index (χ2v) is 15.8. The van der Waals surface area contributed by atoms with Gasteiger partial charge in [0.25, 0.3) is 0 Å². The molecule has 0 saturated carbocycles. The molecule has 8 heteroatoms. The largest absolute Gasteiger partial charge is 0.452 e. The number of Topliss-reactive ketones (excluding diaryl/α,β-unsaturated/α-hetero) is 2. The smallest absolute Gasteiger partial charge is 0.231 e. The number of fused-ring (bicyclic) bond motifs is 18. The van der Waals surface area contributed by atoms with Crippen molar-refractivity contribution in [1.82, 2.24) is 0 Å². The number of hydrogen-bond donors (Lipinski definition) is 0. The van der Waals surface area contributed by atoms with E-state index in [0.717, 1.165) is 33.8 Å². The molecule has 2 fully saturated rings. The third kappa shape index (κ3) is 3.99. The summed E-state index contributed by atoms with van der Waals surface area (Å²) in [5, 5.41) is 0. The summed E-state index contributed by atoms with van der Waals surface area (Å²) in [4.78, 5) is 31.3. The Balaban J connectivity index is 0.000000126. The van der Waals surface area contributed by atoms with Crippen molar-refractivity contribution in [3.05, 3.63) is 155 Å². The number of hydrogen-bond acceptors (Lipinski definition) is 8. The number of carbonyl (C=O) groups excluding carboxylic acids is 2. The Kier molecular flexibility index (Phi) is 6.44. The van der Waals surface area contributed by atoms with Crippen LogP contribution in [0.5, 0.6) is 0 Å². The molecule has 12 rings (SSSR count). The van der Waals surface area contributed by atoms with Gasteiger partial charge < -0.3 is 28.1 Å². The average Bonchev–Trinajstić information content (AvgIpc) is 4.04. The van der Waals surface area contributed by atoms with Gasteiger partial charge in [0.15, 0.2) is 22.7 Å². The maximum atomic E-state index is 13.4. The fourth-order valence-corrected chi connectivity index (χ4v) is 10.6. The first-order valence-electron chi connectivity index (χ1n) is 18.7. The number of ketones is 2. The van der Waals surface area contributed by atoms with Crippen molar-refractivity contribution in [2.45, 2.75) is 61.2 Å². The number of rotatable bonds is 2. The Hall–Kier alpha value is -5.70. The molecule has 0 aliphatic carbocycles. The van der Waals surface area contributed by atoms with E-state index in [1.807, 2.05) is 98.8 Å². The minimum atomic E-state index is -0.901. The van der Waals surface area contributed by atoms with Crippen LogP contribution in [0.4, 0.5) is 11.4 Å². The summed E-state index contributed by atoms with van der Waals surface area (Å²) >= 11 is 0. The number of likely N-dealkylation sites (N-methyl/N-ethyl adjacent to an activating group) is 2. The Labute approximate surface area is 312 Å². The van der Waals surface area contributed by atoms with Crippen molar-refractivity contribution in [3.63, 3.8) is 0 Å². The second-order valence-electron chi connectivity index (χ2n) is 15.8. The molecular weight excluding hydrogens is 677 g/mol. The number of ether oxygens (including phenoxy) is 2. The maximum absolute atomic E-state index is 13.4. The first-order chi connectivity index (χ1) is 26.2. The van der Waals surface area contributed by atoms with E-state index < -0.39 is 11.2 Å². The molecule has 8 heterocycles. The Morgan fingerprint density at radius 3 is 1.28 bits per heavy atom. The number of nitrogens with zero attached hydrogens (tertiary/aromatic N) is 2. The predicted octanol–water partition coefficient (Wildman–Crippen LogP) is 9.15. The van der Waals surface area contributed by atoms with Crippen molar-refractivity contribution in [3.8, 4) is 22.6 Å². The van der Waals surface area contributed by atoms with E-state index in [1.165, 1.54) is 22.5 Å². The van der Waals surface area contributed by atoms with Crippen LogP contribution in [0.25, 0.3) is 22.6 Å². The quantitative estimate of drug-likeness (QED) is 0.176. The minimum absolute atomic E-state index is 0.0184. The topological polar surface area (TPSA) is 85.4 Å². The Bertz CT molecular complexity index is 2350. The fraction of sp³-hybridized carbons (Fsp3) is 0.261. The lowest BCUT2D eigenvalue weighted by molar-refractivity contribution is -0.0314. The van der Waals surface area contributed by atoms with Gasteiger partial charge >= 0.3 is 0 Å². The monoisotopic (exact) mass is 714 g/mol. The molecule has 2 aromatic heterocycles. The minimum Gasteiger partial charge on any atom is -0.452 e. The molecular formula is C46H38N2O6. The van der Waals surface area contributed by atoms with E-state index in [4.69, 9.17) is 18.3 Å². The Morgan fingerprint density at radius 1 is 0.500 bits per heavy atom. The first-order valence-corrected chi connectivity index (χ1v) is 18.7. The lowest BCUT2D eigenvalue weighted by Crippen LogP contribution is -2.52. The Morgan fingerprint density at radius 2 is 0.870 bits per heavy atom. The van der Waals surface area contributed by atoms with E-state index in [-0.39, 0.29) is 47.7 Å². The van der Waals surface area contributed by atoms with E-state index in [9.17, 15) is 9.59 Å². The van der Waals surface area contributed by atoms with Crippen LogP contribution in [-0.4, -0.2) is 48.9 Å². The van der Waals surface area contributed by atoms with Gasteiger partial charge in [-0.3, -0.25) is 9.59 Å². The summed E-state index contributed by atoms with van der Waals surface area (Å²) in [7, 11) is 4.12. The molecule has 54 heavy (non-hydrogen) atoms. The van der Waals surface area contributed by atoms with Crippen molar-refractivity contribution >= 4 is 22.9 Å². The van der Waals surface area contributed by atoms with Crippen LogP contribution >= 0.6 is 0 Å². The first kappa shape index (κ1) is 31.8. The molecule has 6 aliphatic heterocycles. The van der Waals surface area contributed by atoms with Crippen LogP contribution in [0.15, 0.2) is 130 Å². The van der Waals surface area contributed by atoms with Crippen LogP contribution in [0.3, 0.4) is 0 Å². The third-order valence-corrected chi connectivity index (χ3v) is 13.0. The summed E-state index contributed by atoms with van der Waals surface area (Å²) in [6.45, 7) is 3.84. The van der Waals surface area contributed by atoms with Gasteiger partial charge in [-0.15, -0.1) is 0 Å². The van der Waals surface area contributed by atoms with Crippen molar-refractivity contribution in [2.24, 2.45) is 0 Å². The van der Waals surface area contributed by atoms with Crippen molar-refractivity contribution in [2.75, 3.05) is 23.9 Å². The van der Waals surface area contributed by atoms with Crippen LogP contribution < -0.4 is 9.80 Å². The van der Waals surface area contributed by atoms with Gasteiger partial charge in [0, 0.05) is 59.6 Å². The molecule has 0 spiro atoms. The van der Waals surface area contributed by atoms with Gasteiger partial charge in [0.2, 0.25) is 11.6 Å². The zero-order valence-corrected chi connectivity index (χ0v) is 30.4. The normalized spacial score (nSPS) is 30.2. The van der Waals surface area contributed by atoms with E-state index in [2.05, 4.69) is 60.3 Å². The van der Waals surface area contributed by atoms with Gasteiger partial charge in [-0.25, -0.2) is 0 Å². The SMILES string of the molecule is CN1c2ccccc2[C@@H]2[C@@H]3O[C@@](C)(C(=O)c4oc(-c5ccccc5)cc43)[C@@H]21.CN1c2ccccc2[C@@H]2[C@H]1[C@]1(C)O[C@H]2c2cc(-c3ccccc3)oc2C1=O. The van der Waals surface area contributed by atoms with Crippen LogP contribution in [0.1, 0.15) is 81.3 Å². The third-order valence-electron chi connectivity index (χ3n) is 13.0. The van der Waals surface area contributed by atoms with Crippen LogP contribution in [0, 0.1) is 0 Å². The number of carbonyl (C=O) groups is 2. The number of benzene rings is 4. The molecule has 4 bridgehead atoms. The van der Waals surface area contributed by atoms with E-state index >= 15 is 0 Å². The lowest BCUT2D eigenvalue weighted by atomic mass is 9.85. The van der Waals surface area contributed by atoms with Gasteiger partial charge in [0.1, 0.15) is 11.5 Å². The van der Waals surface area contributed by atoms with Gasteiger partial charge in [-0.1, -0.05) is 97.1 Å². The number of anilines is 2. The molecule has 0 amide bonds. The van der Waals surface area contributed by atoms with Crippen molar-refractivity contribution < 1.29 is 27.9 Å². The molecule has 4 aromatic carbocycles. The summed E-state index contributed by atoms with van der Waals surface area (Å²) in [6, 6.07) is 40.6. The molecule has 8 nitrogen and oxygen atoms in total. The highest BCUT2D eigenvalue weighted by molar-refractivity contribution is 6.06. The highest BCUT2D eigenvalue weighted by atomic mass is 16.5.